The van der Waals surface area contributed by atoms with Crippen LogP contribution in [0.2, 0.25) is 0 Å². The molecule has 3 heterocycles. The second-order valence-electron chi connectivity index (χ2n) is 17.1. The molecule has 0 unspecified atom stereocenters. The van der Waals surface area contributed by atoms with Crippen molar-refractivity contribution in [3.8, 4) is 33.6 Å². The van der Waals surface area contributed by atoms with Crippen LogP contribution in [0, 0.1) is 0 Å². The standard InChI is InChI=1S/C58H38N6O3/c1-3-53(65)57-59-31-61-63(57)37-17-21-45-44-20-14-34(26-48(44)46-22-18-38(30-50(46)49(45)29-37)64-58(54(66)4-2)60-32-62-64)36-16-24-56-52(28-36)51-27-35(15-23-55(51)67-56)33-13-19-43-41-11-6-5-9-39(41)40-10-7-8-12-42(40)47(43)25-33/h5-32H,3-4H2,1-2H3. The monoisotopic (exact) mass is 866 g/mol. The summed E-state index contributed by atoms with van der Waals surface area (Å²) in [6, 6.07) is 56.1. The Bertz CT molecular complexity index is 4220. The number of fused-ring (bicyclic) bond motifs is 15. The molecule has 0 fully saturated rings. The molecule has 0 N–H and O–H groups in total. The molecule has 3 aromatic heterocycles. The van der Waals surface area contributed by atoms with Gasteiger partial charge >= 0.3 is 0 Å². The molecule has 0 aliphatic carbocycles. The summed E-state index contributed by atoms with van der Waals surface area (Å²) in [5, 5.41) is 24.7. The molecule has 0 bridgehead atoms. The van der Waals surface area contributed by atoms with Gasteiger partial charge in [-0.1, -0.05) is 111 Å². The second kappa shape index (κ2) is 14.9. The molecule has 318 valence electrons. The van der Waals surface area contributed by atoms with E-state index < -0.39 is 0 Å². The average molecular weight is 867 g/mol. The number of benzene rings is 10. The summed E-state index contributed by atoms with van der Waals surface area (Å²) in [6.07, 6.45) is 3.46. The quantitative estimate of drug-likeness (QED) is 0.110. The second-order valence-corrected chi connectivity index (χ2v) is 17.1. The molecule has 0 saturated heterocycles. The van der Waals surface area contributed by atoms with Crippen molar-refractivity contribution in [2.24, 2.45) is 0 Å². The van der Waals surface area contributed by atoms with E-state index in [-0.39, 0.29) is 23.2 Å². The van der Waals surface area contributed by atoms with Gasteiger partial charge in [0.05, 0.1) is 11.4 Å². The van der Waals surface area contributed by atoms with Crippen LogP contribution in [0.15, 0.2) is 175 Å². The third kappa shape index (κ3) is 5.94. The van der Waals surface area contributed by atoms with Crippen molar-refractivity contribution in [1.29, 1.82) is 0 Å². The summed E-state index contributed by atoms with van der Waals surface area (Å²) in [6.45, 7) is 3.64. The largest absolute Gasteiger partial charge is 0.456 e. The first-order chi connectivity index (χ1) is 32.9. The minimum atomic E-state index is -0.0953. The third-order valence-electron chi connectivity index (χ3n) is 13.5. The molecule has 0 amide bonds. The highest BCUT2D eigenvalue weighted by Gasteiger charge is 2.20. The highest BCUT2D eigenvalue weighted by atomic mass is 16.3. The molecule has 0 saturated carbocycles. The van der Waals surface area contributed by atoms with E-state index in [1.54, 1.807) is 9.36 Å². The molecule has 0 aliphatic heterocycles. The van der Waals surface area contributed by atoms with Crippen LogP contribution in [0.5, 0.6) is 0 Å². The van der Waals surface area contributed by atoms with Gasteiger partial charge in [0.15, 0.2) is 23.2 Å². The molecule has 0 atom stereocenters. The van der Waals surface area contributed by atoms with Crippen molar-refractivity contribution >= 4 is 98.1 Å². The van der Waals surface area contributed by atoms with Gasteiger partial charge in [0.2, 0.25) is 0 Å². The first kappa shape index (κ1) is 38.6. The lowest BCUT2D eigenvalue weighted by Gasteiger charge is -2.15. The Morgan fingerprint density at radius 3 is 1.13 bits per heavy atom. The summed E-state index contributed by atoms with van der Waals surface area (Å²) in [5.41, 5.74) is 7.51. The molecule has 0 aliphatic rings. The topological polar surface area (TPSA) is 109 Å². The Labute approximate surface area is 382 Å². The SMILES string of the molecule is CCC(=O)c1ncnn1-c1ccc2c3ccc(-c4ccc5oc6ccc(-c7ccc8c9ccccc9c9ccccc9c8c7)cc6c5c4)cc3c3ccc(-n4ncnc4C(=O)CC)cc3c2c1. The van der Waals surface area contributed by atoms with Crippen LogP contribution >= 0.6 is 0 Å². The zero-order valence-corrected chi connectivity index (χ0v) is 36.5. The lowest BCUT2D eigenvalue weighted by Crippen LogP contribution is -2.09. The molecule has 9 heteroatoms. The number of ketones is 2. The minimum Gasteiger partial charge on any atom is -0.456 e. The van der Waals surface area contributed by atoms with Gasteiger partial charge < -0.3 is 4.42 Å². The summed E-state index contributed by atoms with van der Waals surface area (Å²) in [7, 11) is 0. The Morgan fingerprint density at radius 1 is 0.388 bits per heavy atom. The summed E-state index contributed by atoms with van der Waals surface area (Å²) in [5.74, 6) is 0.387. The highest BCUT2D eigenvalue weighted by molar-refractivity contribution is 6.27. The van der Waals surface area contributed by atoms with Gasteiger partial charge in [-0.2, -0.15) is 10.2 Å². The fraction of sp³-hybridized carbons (Fsp3) is 0.0690. The molecule has 9 nitrogen and oxygen atoms in total. The smallest absolute Gasteiger partial charge is 0.199 e. The summed E-state index contributed by atoms with van der Waals surface area (Å²) < 4.78 is 9.67. The van der Waals surface area contributed by atoms with E-state index in [4.69, 9.17) is 4.42 Å². The predicted molar refractivity (Wildman–Crippen MR) is 269 cm³/mol. The van der Waals surface area contributed by atoms with E-state index in [0.29, 0.717) is 18.5 Å². The maximum atomic E-state index is 12.9. The average Bonchev–Trinajstić information content (AvgIpc) is 4.17. The number of Topliss-reactive ketones (excluding diaryl/α,β-unsaturated/α-hetero) is 2. The minimum absolute atomic E-state index is 0.0928. The van der Waals surface area contributed by atoms with E-state index in [1.165, 1.54) is 45.0 Å². The van der Waals surface area contributed by atoms with Crippen LogP contribution in [-0.2, 0) is 0 Å². The van der Waals surface area contributed by atoms with Gasteiger partial charge in [-0.05, 0) is 148 Å². The van der Waals surface area contributed by atoms with Gasteiger partial charge in [0.1, 0.15) is 23.8 Å². The summed E-state index contributed by atoms with van der Waals surface area (Å²) >= 11 is 0. The van der Waals surface area contributed by atoms with Crippen molar-refractivity contribution in [3.63, 3.8) is 0 Å². The van der Waals surface area contributed by atoms with Crippen molar-refractivity contribution < 1.29 is 14.0 Å². The van der Waals surface area contributed by atoms with Gasteiger partial charge in [0, 0.05) is 23.6 Å². The maximum Gasteiger partial charge on any atom is 0.199 e. The van der Waals surface area contributed by atoms with Crippen LogP contribution in [0.3, 0.4) is 0 Å². The van der Waals surface area contributed by atoms with Gasteiger partial charge in [-0.25, -0.2) is 19.3 Å². The molecule has 13 rings (SSSR count). The van der Waals surface area contributed by atoms with Crippen molar-refractivity contribution in [1.82, 2.24) is 29.5 Å². The van der Waals surface area contributed by atoms with Gasteiger partial charge in [-0.15, -0.1) is 0 Å². The van der Waals surface area contributed by atoms with E-state index in [0.717, 1.165) is 82.2 Å². The number of hydrogen-bond acceptors (Lipinski definition) is 7. The molecule has 10 aromatic carbocycles. The Morgan fingerprint density at radius 2 is 0.716 bits per heavy atom. The fourth-order valence-corrected chi connectivity index (χ4v) is 10.2. The van der Waals surface area contributed by atoms with E-state index >= 15 is 0 Å². The molecule has 0 radical (unpaired) electrons. The van der Waals surface area contributed by atoms with Crippen molar-refractivity contribution in [3.05, 3.63) is 182 Å². The van der Waals surface area contributed by atoms with Crippen molar-refractivity contribution in [2.75, 3.05) is 0 Å². The Hall–Kier alpha value is -8.82. The van der Waals surface area contributed by atoms with Crippen LogP contribution in [0.25, 0.3) is 120 Å². The molecular weight excluding hydrogens is 829 g/mol. The van der Waals surface area contributed by atoms with Crippen LogP contribution in [0.1, 0.15) is 47.9 Å². The molecule has 13 aromatic rings. The third-order valence-corrected chi connectivity index (χ3v) is 13.5. The fourth-order valence-electron chi connectivity index (χ4n) is 10.2. The first-order valence-electron chi connectivity index (χ1n) is 22.5. The number of rotatable bonds is 8. The highest BCUT2D eigenvalue weighted by Crippen LogP contribution is 2.42. The molecule has 0 spiro atoms. The number of hydrogen-bond donors (Lipinski definition) is 0. The molecular formula is C58H38N6O3. The van der Waals surface area contributed by atoms with Crippen LogP contribution in [0.4, 0.5) is 0 Å². The molecule has 67 heavy (non-hydrogen) atoms. The number of nitrogens with zero attached hydrogens (tertiary/aromatic N) is 6. The number of furan rings is 1. The normalized spacial score (nSPS) is 12.0. The van der Waals surface area contributed by atoms with Crippen molar-refractivity contribution in [2.45, 2.75) is 26.7 Å². The predicted octanol–water partition coefficient (Wildman–Crippen LogP) is 14.2. The number of aromatic nitrogens is 6. The van der Waals surface area contributed by atoms with E-state index in [1.807, 2.05) is 26.0 Å². The van der Waals surface area contributed by atoms with E-state index in [2.05, 4.69) is 166 Å². The van der Waals surface area contributed by atoms with Crippen LogP contribution < -0.4 is 0 Å². The Kier molecular flexibility index (Phi) is 8.57. The lowest BCUT2D eigenvalue weighted by molar-refractivity contribution is 0.0968. The van der Waals surface area contributed by atoms with Crippen LogP contribution in [-0.4, -0.2) is 41.1 Å². The van der Waals surface area contributed by atoms with E-state index in [9.17, 15) is 9.59 Å². The zero-order valence-electron chi connectivity index (χ0n) is 36.5. The summed E-state index contributed by atoms with van der Waals surface area (Å²) in [4.78, 5) is 34.4. The maximum absolute atomic E-state index is 12.9. The Balaban J connectivity index is 0.965. The number of carbonyl (C=O) groups is 2. The van der Waals surface area contributed by atoms with Gasteiger partial charge in [0.25, 0.3) is 0 Å². The number of carbonyl (C=O) groups excluding carboxylic acids is 2. The first-order valence-corrected chi connectivity index (χ1v) is 22.5. The lowest BCUT2D eigenvalue weighted by atomic mass is 9.91. The van der Waals surface area contributed by atoms with Gasteiger partial charge in [-0.3, -0.25) is 9.59 Å². The zero-order chi connectivity index (χ0) is 44.9.